The monoisotopic (exact) mass is 303 g/mol. The first kappa shape index (κ1) is 15.4. The average Bonchev–Trinajstić information content (AvgIpc) is 2.49. The summed E-state index contributed by atoms with van der Waals surface area (Å²) in [5.74, 6) is 0.485. The Kier molecular flexibility index (Phi) is 5.23. The van der Waals surface area contributed by atoms with Crippen LogP contribution >= 0.6 is 11.6 Å². The van der Waals surface area contributed by atoms with Crippen molar-refractivity contribution in [1.29, 1.82) is 0 Å². The molecule has 0 aromatic heterocycles. The molecule has 1 amide bonds. The molecule has 0 spiro atoms. The third kappa shape index (κ3) is 4.50. The fraction of sp³-hybridized carbons (Fsp3) is 0.235. The van der Waals surface area contributed by atoms with Gasteiger partial charge in [-0.1, -0.05) is 41.9 Å². The molecule has 2 rings (SSSR count). The van der Waals surface area contributed by atoms with Gasteiger partial charge in [0.25, 0.3) is 5.91 Å². The van der Waals surface area contributed by atoms with Crippen LogP contribution in [-0.4, -0.2) is 12.5 Å². The van der Waals surface area contributed by atoms with Crippen LogP contribution in [0.1, 0.15) is 24.1 Å². The molecule has 1 unspecified atom stereocenters. The molecule has 2 aromatic carbocycles. The first-order chi connectivity index (χ1) is 10.1. The number of carbonyl (C=O) groups excluding carboxylic acids is 1. The van der Waals surface area contributed by atoms with E-state index in [1.165, 1.54) is 0 Å². The quantitative estimate of drug-likeness (QED) is 0.909. The third-order valence-corrected chi connectivity index (χ3v) is 3.60. The Morgan fingerprint density at radius 3 is 2.62 bits per heavy atom. The van der Waals surface area contributed by atoms with Gasteiger partial charge in [-0.15, -0.1) is 0 Å². The van der Waals surface area contributed by atoms with Crippen LogP contribution < -0.4 is 10.1 Å². The number of aryl methyl sites for hydroxylation is 1. The normalized spacial score (nSPS) is 11.8. The summed E-state index contributed by atoms with van der Waals surface area (Å²) in [6, 6.07) is 15.1. The number of carbonyl (C=O) groups is 1. The van der Waals surface area contributed by atoms with Gasteiger partial charge in [-0.25, -0.2) is 0 Å². The van der Waals surface area contributed by atoms with Crippen LogP contribution in [0.15, 0.2) is 48.5 Å². The number of amides is 1. The van der Waals surface area contributed by atoms with Crippen molar-refractivity contribution in [2.24, 2.45) is 0 Å². The van der Waals surface area contributed by atoms with Crippen molar-refractivity contribution >= 4 is 17.5 Å². The highest BCUT2D eigenvalue weighted by Gasteiger charge is 2.10. The molecule has 0 saturated heterocycles. The van der Waals surface area contributed by atoms with Gasteiger partial charge in [-0.2, -0.15) is 0 Å². The Bertz CT molecular complexity index is 613. The van der Waals surface area contributed by atoms with Gasteiger partial charge in [0.15, 0.2) is 6.61 Å². The Morgan fingerprint density at radius 1 is 1.24 bits per heavy atom. The van der Waals surface area contributed by atoms with Gasteiger partial charge in [0.2, 0.25) is 0 Å². The lowest BCUT2D eigenvalue weighted by Gasteiger charge is -2.14. The van der Waals surface area contributed by atoms with E-state index in [1.54, 1.807) is 12.1 Å². The van der Waals surface area contributed by atoms with Crippen molar-refractivity contribution in [1.82, 2.24) is 5.32 Å². The minimum absolute atomic E-state index is 0.0156. The zero-order valence-electron chi connectivity index (χ0n) is 12.1. The molecule has 0 aliphatic rings. The van der Waals surface area contributed by atoms with Crippen LogP contribution in [0.3, 0.4) is 0 Å². The van der Waals surface area contributed by atoms with Gasteiger partial charge in [0.1, 0.15) is 5.75 Å². The topological polar surface area (TPSA) is 38.3 Å². The minimum atomic E-state index is -0.154. The van der Waals surface area contributed by atoms with E-state index in [1.807, 2.05) is 50.2 Å². The SMILES string of the molecule is Cc1cc(OCC(=O)NC(C)c2ccccc2)ccc1Cl. The van der Waals surface area contributed by atoms with E-state index in [4.69, 9.17) is 16.3 Å². The summed E-state index contributed by atoms with van der Waals surface area (Å²) in [5, 5.41) is 3.59. The molecular weight excluding hydrogens is 286 g/mol. The van der Waals surface area contributed by atoms with Crippen molar-refractivity contribution in [3.8, 4) is 5.75 Å². The zero-order valence-corrected chi connectivity index (χ0v) is 12.9. The van der Waals surface area contributed by atoms with Gasteiger partial charge in [-0.05, 0) is 43.2 Å². The molecule has 0 radical (unpaired) electrons. The smallest absolute Gasteiger partial charge is 0.258 e. The highest BCUT2D eigenvalue weighted by molar-refractivity contribution is 6.31. The first-order valence-electron chi connectivity index (χ1n) is 6.79. The van der Waals surface area contributed by atoms with E-state index in [0.717, 1.165) is 11.1 Å². The van der Waals surface area contributed by atoms with Gasteiger partial charge in [0.05, 0.1) is 6.04 Å². The number of benzene rings is 2. The summed E-state index contributed by atoms with van der Waals surface area (Å²) >= 11 is 5.95. The number of halogens is 1. The molecule has 0 saturated carbocycles. The minimum Gasteiger partial charge on any atom is -0.484 e. The Labute approximate surface area is 129 Å². The molecule has 2 aromatic rings. The van der Waals surface area contributed by atoms with E-state index in [2.05, 4.69) is 5.32 Å². The summed E-state index contributed by atoms with van der Waals surface area (Å²) in [6.45, 7) is 3.82. The highest BCUT2D eigenvalue weighted by atomic mass is 35.5. The van der Waals surface area contributed by atoms with Crippen molar-refractivity contribution in [2.45, 2.75) is 19.9 Å². The van der Waals surface area contributed by atoms with Crippen LogP contribution in [-0.2, 0) is 4.79 Å². The Hall–Kier alpha value is -2.00. The molecule has 0 aliphatic carbocycles. The molecule has 0 fully saturated rings. The molecule has 1 N–H and O–H groups in total. The third-order valence-electron chi connectivity index (χ3n) is 3.18. The largest absolute Gasteiger partial charge is 0.484 e. The van der Waals surface area contributed by atoms with E-state index < -0.39 is 0 Å². The van der Waals surface area contributed by atoms with Crippen molar-refractivity contribution in [3.05, 3.63) is 64.7 Å². The van der Waals surface area contributed by atoms with Crippen LogP contribution in [0.5, 0.6) is 5.75 Å². The van der Waals surface area contributed by atoms with E-state index in [9.17, 15) is 4.79 Å². The van der Waals surface area contributed by atoms with Crippen LogP contribution in [0.4, 0.5) is 0 Å². The van der Waals surface area contributed by atoms with Gasteiger partial charge in [0, 0.05) is 5.02 Å². The van der Waals surface area contributed by atoms with Gasteiger partial charge in [-0.3, -0.25) is 4.79 Å². The maximum atomic E-state index is 11.9. The number of ether oxygens (including phenoxy) is 1. The molecule has 4 heteroatoms. The van der Waals surface area contributed by atoms with Crippen molar-refractivity contribution in [2.75, 3.05) is 6.61 Å². The number of nitrogens with one attached hydrogen (secondary N) is 1. The molecule has 21 heavy (non-hydrogen) atoms. The van der Waals surface area contributed by atoms with Crippen LogP contribution in [0.25, 0.3) is 0 Å². The lowest BCUT2D eigenvalue weighted by Crippen LogP contribution is -2.31. The van der Waals surface area contributed by atoms with Crippen LogP contribution in [0, 0.1) is 6.92 Å². The van der Waals surface area contributed by atoms with E-state index >= 15 is 0 Å². The predicted octanol–water partition coefficient (Wildman–Crippen LogP) is 3.90. The van der Waals surface area contributed by atoms with Crippen LogP contribution in [0.2, 0.25) is 5.02 Å². The molecular formula is C17H18ClNO2. The Balaban J connectivity index is 1.86. The van der Waals surface area contributed by atoms with E-state index in [-0.39, 0.29) is 18.6 Å². The summed E-state index contributed by atoms with van der Waals surface area (Å²) in [5.41, 5.74) is 1.99. The second kappa shape index (κ2) is 7.14. The molecule has 3 nitrogen and oxygen atoms in total. The number of hydrogen-bond donors (Lipinski definition) is 1. The second-order valence-corrected chi connectivity index (χ2v) is 5.31. The summed E-state index contributed by atoms with van der Waals surface area (Å²) in [4.78, 5) is 11.9. The summed E-state index contributed by atoms with van der Waals surface area (Å²) in [6.07, 6.45) is 0. The number of hydrogen-bond acceptors (Lipinski definition) is 2. The average molecular weight is 304 g/mol. The summed E-state index contributed by atoms with van der Waals surface area (Å²) < 4.78 is 5.47. The Morgan fingerprint density at radius 2 is 1.95 bits per heavy atom. The molecule has 0 heterocycles. The fourth-order valence-corrected chi connectivity index (χ4v) is 2.08. The molecule has 0 aliphatic heterocycles. The van der Waals surface area contributed by atoms with Gasteiger partial charge >= 0.3 is 0 Å². The fourth-order valence-electron chi connectivity index (χ4n) is 1.96. The molecule has 1 atom stereocenters. The van der Waals surface area contributed by atoms with E-state index in [0.29, 0.717) is 10.8 Å². The molecule has 0 bridgehead atoms. The lowest BCUT2D eigenvalue weighted by molar-refractivity contribution is -0.123. The lowest BCUT2D eigenvalue weighted by atomic mass is 10.1. The predicted molar refractivity (Wildman–Crippen MR) is 84.7 cm³/mol. The maximum absolute atomic E-state index is 11.9. The molecule has 110 valence electrons. The number of rotatable bonds is 5. The van der Waals surface area contributed by atoms with Gasteiger partial charge < -0.3 is 10.1 Å². The standard InChI is InChI=1S/C17H18ClNO2/c1-12-10-15(8-9-16(12)18)21-11-17(20)19-13(2)14-6-4-3-5-7-14/h3-10,13H,11H2,1-2H3,(H,19,20). The highest BCUT2D eigenvalue weighted by Crippen LogP contribution is 2.21. The maximum Gasteiger partial charge on any atom is 0.258 e. The van der Waals surface area contributed by atoms with Crippen molar-refractivity contribution in [3.63, 3.8) is 0 Å². The second-order valence-electron chi connectivity index (χ2n) is 4.90. The zero-order chi connectivity index (χ0) is 15.2. The summed E-state index contributed by atoms with van der Waals surface area (Å²) in [7, 11) is 0. The van der Waals surface area contributed by atoms with Crippen molar-refractivity contribution < 1.29 is 9.53 Å². The first-order valence-corrected chi connectivity index (χ1v) is 7.17.